The Bertz CT molecular complexity index is 832. The minimum atomic E-state index is -3.55. The Morgan fingerprint density at radius 1 is 1.03 bits per heavy atom. The van der Waals surface area contributed by atoms with Crippen LogP contribution in [0.3, 0.4) is 0 Å². The molecular formula is C22H33N3O4S. The van der Waals surface area contributed by atoms with Gasteiger partial charge in [0, 0.05) is 31.7 Å². The van der Waals surface area contributed by atoms with Gasteiger partial charge in [-0.1, -0.05) is 32.1 Å². The Hall–Kier alpha value is -1.93. The van der Waals surface area contributed by atoms with Gasteiger partial charge in [0.25, 0.3) is 0 Å². The van der Waals surface area contributed by atoms with Crippen LogP contribution in [0.4, 0.5) is 5.69 Å². The van der Waals surface area contributed by atoms with Gasteiger partial charge >= 0.3 is 0 Å². The molecule has 8 heteroatoms. The zero-order valence-corrected chi connectivity index (χ0v) is 18.6. The lowest BCUT2D eigenvalue weighted by Gasteiger charge is -2.30. The highest BCUT2D eigenvalue weighted by Gasteiger charge is 2.29. The van der Waals surface area contributed by atoms with Crippen molar-refractivity contribution in [1.82, 2.24) is 9.21 Å². The van der Waals surface area contributed by atoms with Gasteiger partial charge in [0.05, 0.1) is 11.4 Å². The summed E-state index contributed by atoms with van der Waals surface area (Å²) in [6, 6.07) is 6.33. The van der Waals surface area contributed by atoms with Gasteiger partial charge in [0.15, 0.2) is 0 Å². The molecule has 1 N–H and O–H groups in total. The highest BCUT2D eigenvalue weighted by atomic mass is 32.2. The number of carbonyl (C=O) groups excluding carboxylic acids is 2. The van der Waals surface area contributed by atoms with E-state index < -0.39 is 10.0 Å². The van der Waals surface area contributed by atoms with Gasteiger partial charge in [-0.3, -0.25) is 9.59 Å². The van der Waals surface area contributed by atoms with Gasteiger partial charge in [0.1, 0.15) is 0 Å². The van der Waals surface area contributed by atoms with Crippen molar-refractivity contribution in [3.8, 4) is 0 Å². The molecule has 0 aromatic heterocycles. The van der Waals surface area contributed by atoms with Crippen molar-refractivity contribution in [1.29, 1.82) is 0 Å². The Morgan fingerprint density at radius 3 is 2.37 bits per heavy atom. The third-order valence-electron chi connectivity index (χ3n) is 6.16. The third-order valence-corrected chi connectivity index (χ3v) is 8.08. The van der Waals surface area contributed by atoms with Crippen LogP contribution < -0.4 is 5.32 Å². The van der Waals surface area contributed by atoms with Crippen LogP contribution in [0.15, 0.2) is 29.2 Å². The summed E-state index contributed by atoms with van der Waals surface area (Å²) in [5, 5.41) is 2.78. The van der Waals surface area contributed by atoms with E-state index in [2.05, 4.69) is 5.32 Å². The van der Waals surface area contributed by atoms with E-state index in [1.807, 2.05) is 0 Å². The Kier molecular flexibility index (Phi) is 7.88. The summed E-state index contributed by atoms with van der Waals surface area (Å²) in [6.07, 6.45) is 9.54. The number of sulfonamides is 1. The van der Waals surface area contributed by atoms with E-state index in [0.717, 1.165) is 51.4 Å². The second kappa shape index (κ2) is 10.4. The number of likely N-dealkylation sites (tertiary alicyclic amines) is 1. The van der Waals surface area contributed by atoms with Crippen LogP contribution >= 0.6 is 0 Å². The number of hydrogen-bond acceptors (Lipinski definition) is 4. The van der Waals surface area contributed by atoms with Crippen LogP contribution in [0.2, 0.25) is 0 Å². The molecule has 0 bridgehead atoms. The summed E-state index contributed by atoms with van der Waals surface area (Å²) in [6.45, 7) is 0.639. The maximum Gasteiger partial charge on any atom is 0.243 e. The SMILES string of the molecule is CN(C1CCCCC1)S(=O)(=O)c1ccc(NC(=O)CN2CCCCCCC2=O)cc1. The average Bonchev–Trinajstić information content (AvgIpc) is 2.74. The van der Waals surface area contributed by atoms with Gasteiger partial charge in [-0.2, -0.15) is 4.31 Å². The quantitative estimate of drug-likeness (QED) is 0.742. The number of benzene rings is 1. The molecule has 1 aromatic rings. The van der Waals surface area contributed by atoms with E-state index in [1.54, 1.807) is 24.1 Å². The van der Waals surface area contributed by atoms with Crippen LogP contribution in [0.25, 0.3) is 0 Å². The lowest BCUT2D eigenvalue weighted by Crippen LogP contribution is -2.39. The third kappa shape index (κ3) is 5.82. The molecule has 1 aromatic carbocycles. The molecule has 166 valence electrons. The van der Waals surface area contributed by atoms with Crippen molar-refractivity contribution in [2.24, 2.45) is 0 Å². The van der Waals surface area contributed by atoms with Crippen LogP contribution in [-0.2, 0) is 19.6 Å². The van der Waals surface area contributed by atoms with E-state index in [1.165, 1.54) is 22.9 Å². The number of amides is 2. The van der Waals surface area contributed by atoms with Gasteiger partial charge in [0.2, 0.25) is 21.8 Å². The molecule has 0 atom stereocenters. The van der Waals surface area contributed by atoms with Crippen molar-refractivity contribution < 1.29 is 18.0 Å². The molecule has 2 fully saturated rings. The van der Waals surface area contributed by atoms with Crippen LogP contribution in [0.5, 0.6) is 0 Å². The molecule has 1 saturated heterocycles. The molecular weight excluding hydrogens is 402 g/mol. The Morgan fingerprint density at radius 2 is 1.67 bits per heavy atom. The molecule has 1 heterocycles. The number of nitrogens with one attached hydrogen (secondary N) is 1. The molecule has 2 amide bonds. The number of anilines is 1. The van der Waals surface area contributed by atoms with Gasteiger partial charge in [-0.15, -0.1) is 0 Å². The summed E-state index contributed by atoms with van der Waals surface area (Å²) in [5.74, 6) is -0.240. The lowest BCUT2D eigenvalue weighted by molar-refractivity contribution is -0.135. The van der Waals surface area contributed by atoms with Crippen molar-refractivity contribution in [3.63, 3.8) is 0 Å². The largest absolute Gasteiger partial charge is 0.333 e. The zero-order valence-electron chi connectivity index (χ0n) is 17.8. The lowest BCUT2D eigenvalue weighted by atomic mass is 9.96. The first-order valence-electron chi connectivity index (χ1n) is 11.0. The fourth-order valence-corrected chi connectivity index (χ4v) is 5.69. The minimum absolute atomic E-state index is 0.0250. The standard InChI is InChI=1S/C22H33N3O4S/c1-24(19-9-5-4-6-10-19)30(28,29)20-14-12-18(13-15-20)23-21(26)17-25-16-8-3-2-7-11-22(25)27/h12-15,19H,2-11,16-17H2,1H3,(H,23,26). The van der Waals surface area contributed by atoms with E-state index >= 15 is 0 Å². The van der Waals surface area contributed by atoms with E-state index in [0.29, 0.717) is 18.7 Å². The fourth-order valence-electron chi connectivity index (χ4n) is 4.27. The second-order valence-electron chi connectivity index (χ2n) is 8.37. The molecule has 0 spiro atoms. The predicted octanol–water partition coefficient (Wildman–Crippen LogP) is 3.37. The number of nitrogens with zero attached hydrogens (tertiary/aromatic N) is 2. The van der Waals surface area contributed by atoms with E-state index in [4.69, 9.17) is 0 Å². The molecule has 1 aliphatic heterocycles. The maximum absolute atomic E-state index is 12.9. The van der Waals surface area contributed by atoms with Crippen molar-refractivity contribution in [2.75, 3.05) is 25.5 Å². The van der Waals surface area contributed by atoms with Crippen molar-refractivity contribution in [2.45, 2.75) is 75.1 Å². The first kappa shape index (κ1) is 22.7. The highest BCUT2D eigenvalue weighted by molar-refractivity contribution is 7.89. The monoisotopic (exact) mass is 435 g/mol. The van der Waals surface area contributed by atoms with Gasteiger partial charge in [-0.05, 0) is 49.9 Å². The molecule has 1 aliphatic carbocycles. The van der Waals surface area contributed by atoms with E-state index in [9.17, 15) is 18.0 Å². The molecule has 30 heavy (non-hydrogen) atoms. The summed E-state index contributed by atoms with van der Waals surface area (Å²) in [5.41, 5.74) is 0.527. The fraction of sp³-hybridized carbons (Fsp3) is 0.636. The molecule has 0 radical (unpaired) electrons. The van der Waals surface area contributed by atoms with Crippen molar-refractivity contribution in [3.05, 3.63) is 24.3 Å². The molecule has 7 nitrogen and oxygen atoms in total. The molecule has 1 saturated carbocycles. The number of rotatable bonds is 6. The first-order valence-corrected chi connectivity index (χ1v) is 12.5. The molecule has 3 rings (SSSR count). The van der Waals surface area contributed by atoms with Crippen LogP contribution in [0, 0.1) is 0 Å². The molecule has 0 unspecified atom stereocenters. The second-order valence-corrected chi connectivity index (χ2v) is 10.4. The van der Waals surface area contributed by atoms with Crippen LogP contribution in [0.1, 0.15) is 64.2 Å². The zero-order chi connectivity index (χ0) is 21.6. The van der Waals surface area contributed by atoms with Crippen LogP contribution in [-0.4, -0.2) is 55.6 Å². The summed E-state index contributed by atoms with van der Waals surface area (Å²) < 4.78 is 27.3. The minimum Gasteiger partial charge on any atom is -0.333 e. The average molecular weight is 436 g/mol. The number of hydrogen-bond donors (Lipinski definition) is 1. The highest BCUT2D eigenvalue weighted by Crippen LogP contribution is 2.27. The predicted molar refractivity (Wildman–Crippen MR) is 117 cm³/mol. The van der Waals surface area contributed by atoms with Gasteiger partial charge in [-0.25, -0.2) is 8.42 Å². The Balaban J connectivity index is 1.59. The topological polar surface area (TPSA) is 86.8 Å². The van der Waals surface area contributed by atoms with E-state index in [-0.39, 0.29) is 29.3 Å². The smallest absolute Gasteiger partial charge is 0.243 e. The summed E-state index contributed by atoms with van der Waals surface area (Å²) >= 11 is 0. The van der Waals surface area contributed by atoms with Crippen molar-refractivity contribution >= 4 is 27.5 Å². The normalized spacial score (nSPS) is 19.4. The van der Waals surface area contributed by atoms with Gasteiger partial charge < -0.3 is 10.2 Å². The maximum atomic E-state index is 12.9. The summed E-state index contributed by atoms with van der Waals surface area (Å²) in [7, 11) is -1.90. The summed E-state index contributed by atoms with van der Waals surface area (Å²) in [4.78, 5) is 26.4. The number of carbonyl (C=O) groups is 2. The first-order chi connectivity index (χ1) is 14.4. The Labute approximate surface area is 179 Å². The molecule has 2 aliphatic rings.